The maximum atomic E-state index is 12.0. The minimum Gasteiger partial charge on any atom is -0.467 e. The quantitative estimate of drug-likeness (QED) is 0.533. The molecule has 1 heterocycles. The first-order valence-electron chi connectivity index (χ1n) is 6.15. The molecule has 98 valence electrons. The molecule has 0 aliphatic carbocycles. The number of hydrogen-bond acceptors (Lipinski definition) is 4. The minimum atomic E-state index is -0.567. The summed E-state index contributed by atoms with van der Waals surface area (Å²) in [4.78, 5) is 25.1. The van der Waals surface area contributed by atoms with Gasteiger partial charge in [0.25, 0.3) is 0 Å². The maximum Gasteiger partial charge on any atom is 0.331 e. The van der Waals surface area contributed by atoms with E-state index in [4.69, 9.17) is 4.74 Å². The van der Waals surface area contributed by atoms with Gasteiger partial charge in [0.1, 0.15) is 0 Å². The highest BCUT2D eigenvalue weighted by Crippen LogP contribution is 2.12. The van der Waals surface area contributed by atoms with Crippen LogP contribution in [0.15, 0.2) is 0 Å². The fraction of sp³-hybridized carbons (Fsp3) is 0.833. The number of amides is 1. The van der Waals surface area contributed by atoms with E-state index in [0.29, 0.717) is 19.6 Å². The Morgan fingerprint density at radius 1 is 1.41 bits per heavy atom. The Labute approximate surface area is 102 Å². The van der Waals surface area contributed by atoms with Crippen LogP contribution in [-0.2, 0) is 19.1 Å². The summed E-state index contributed by atoms with van der Waals surface area (Å²) in [6, 6.07) is -0.567. The number of methoxy groups -OCH3 is 1. The van der Waals surface area contributed by atoms with E-state index < -0.39 is 12.0 Å². The molecule has 1 saturated heterocycles. The molecular formula is C12H21NO4. The Hall–Kier alpha value is -1.10. The van der Waals surface area contributed by atoms with Gasteiger partial charge in [-0.15, -0.1) is 0 Å². The molecule has 0 saturated carbocycles. The average Bonchev–Trinajstić information content (AvgIpc) is 2.38. The van der Waals surface area contributed by atoms with Crippen molar-refractivity contribution in [2.24, 2.45) is 0 Å². The second kappa shape index (κ2) is 7.27. The van der Waals surface area contributed by atoms with Crippen molar-refractivity contribution in [2.75, 3.05) is 26.9 Å². The van der Waals surface area contributed by atoms with Crippen molar-refractivity contribution in [2.45, 2.75) is 38.6 Å². The zero-order valence-corrected chi connectivity index (χ0v) is 10.6. The third kappa shape index (κ3) is 4.00. The molecule has 0 spiro atoms. The third-order valence-electron chi connectivity index (χ3n) is 2.92. The first-order chi connectivity index (χ1) is 8.20. The first kappa shape index (κ1) is 14.0. The van der Waals surface area contributed by atoms with Gasteiger partial charge in [-0.1, -0.05) is 19.8 Å². The van der Waals surface area contributed by atoms with E-state index in [1.807, 2.05) is 0 Å². The van der Waals surface area contributed by atoms with Gasteiger partial charge < -0.3 is 14.4 Å². The van der Waals surface area contributed by atoms with Crippen molar-refractivity contribution in [3.63, 3.8) is 0 Å². The largest absolute Gasteiger partial charge is 0.467 e. The lowest BCUT2D eigenvalue weighted by atomic mass is 10.1. The van der Waals surface area contributed by atoms with Crippen molar-refractivity contribution >= 4 is 11.9 Å². The van der Waals surface area contributed by atoms with E-state index >= 15 is 0 Å². The Balaban J connectivity index is 2.52. The van der Waals surface area contributed by atoms with Gasteiger partial charge in [0.2, 0.25) is 5.91 Å². The molecule has 0 N–H and O–H groups in total. The SMILES string of the molecule is CCCCCC(=O)N1CCOCC1C(=O)OC. The number of carbonyl (C=O) groups excluding carboxylic acids is 2. The molecule has 1 atom stereocenters. The van der Waals surface area contributed by atoms with Gasteiger partial charge in [0.15, 0.2) is 6.04 Å². The molecule has 0 aromatic rings. The van der Waals surface area contributed by atoms with Crippen molar-refractivity contribution in [1.82, 2.24) is 4.90 Å². The Kier molecular flexibility index (Phi) is 5.97. The van der Waals surface area contributed by atoms with Gasteiger partial charge >= 0.3 is 5.97 Å². The standard InChI is InChI=1S/C12H21NO4/c1-3-4-5-6-11(14)13-7-8-17-9-10(13)12(15)16-2/h10H,3-9H2,1-2H3. The molecule has 1 amide bonds. The van der Waals surface area contributed by atoms with Crippen LogP contribution in [0.4, 0.5) is 0 Å². The number of esters is 1. The lowest BCUT2D eigenvalue weighted by molar-refractivity contribution is -0.160. The predicted molar refractivity (Wildman–Crippen MR) is 62.5 cm³/mol. The highest BCUT2D eigenvalue weighted by Gasteiger charge is 2.33. The normalized spacial score (nSPS) is 20.1. The van der Waals surface area contributed by atoms with Gasteiger partial charge in [0, 0.05) is 13.0 Å². The highest BCUT2D eigenvalue weighted by molar-refractivity contribution is 5.84. The smallest absolute Gasteiger partial charge is 0.331 e. The van der Waals surface area contributed by atoms with Crippen LogP contribution < -0.4 is 0 Å². The predicted octanol–water partition coefficient (Wildman–Crippen LogP) is 0.967. The Morgan fingerprint density at radius 2 is 2.18 bits per heavy atom. The monoisotopic (exact) mass is 243 g/mol. The zero-order chi connectivity index (χ0) is 12.7. The Bertz CT molecular complexity index is 267. The van der Waals surface area contributed by atoms with Crippen LogP contribution in [0.2, 0.25) is 0 Å². The molecule has 1 aliphatic heterocycles. The van der Waals surface area contributed by atoms with Crippen LogP contribution in [0.5, 0.6) is 0 Å². The van der Waals surface area contributed by atoms with Crippen LogP contribution in [0.1, 0.15) is 32.6 Å². The van der Waals surface area contributed by atoms with Gasteiger partial charge in [-0.25, -0.2) is 4.79 Å². The molecule has 1 rings (SSSR count). The molecule has 5 heteroatoms. The number of morpholine rings is 1. The van der Waals surface area contributed by atoms with E-state index in [1.54, 1.807) is 4.90 Å². The first-order valence-corrected chi connectivity index (χ1v) is 6.15. The summed E-state index contributed by atoms with van der Waals surface area (Å²) in [6.07, 6.45) is 3.50. The number of nitrogens with zero attached hydrogens (tertiary/aromatic N) is 1. The molecule has 1 aliphatic rings. The molecule has 17 heavy (non-hydrogen) atoms. The topological polar surface area (TPSA) is 55.8 Å². The lowest BCUT2D eigenvalue weighted by Gasteiger charge is -2.33. The van der Waals surface area contributed by atoms with Crippen LogP contribution in [0.3, 0.4) is 0 Å². The van der Waals surface area contributed by atoms with Crippen LogP contribution in [0, 0.1) is 0 Å². The van der Waals surface area contributed by atoms with Gasteiger partial charge in [-0.3, -0.25) is 4.79 Å². The Morgan fingerprint density at radius 3 is 2.82 bits per heavy atom. The fourth-order valence-electron chi connectivity index (χ4n) is 1.90. The molecule has 1 fully saturated rings. The summed E-state index contributed by atoms with van der Waals surface area (Å²) < 4.78 is 9.90. The number of hydrogen-bond donors (Lipinski definition) is 0. The fourth-order valence-corrected chi connectivity index (χ4v) is 1.90. The van der Waals surface area contributed by atoms with Gasteiger partial charge in [-0.2, -0.15) is 0 Å². The van der Waals surface area contributed by atoms with E-state index in [2.05, 4.69) is 11.7 Å². The average molecular weight is 243 g/mol. The number of rotatable bonds is 5. The van der Waals surface area contributed by atoms with Crippen LogP contribution in [0.25, 0.3) is 0 Å². The second-order valence-electron chi connectivity index (χ2n) is 4.16. The van der Waals surface area contributed by atoms with Crippen LogP contribution >= 0.6 is 0 Å². The lowest BCUT2D eigenvalue weighted by Crippen LogP contribution is -2.52. The summed E-state index contributed by atoms with van der Waals surface area (Å²) in [5, 5.41) is 0. The van der Waals surface area contributed by atoms with Crippen molar-refractivity contribution in [3.8, 4) is 0 Å². The third-order valence-corrected chi connectivity index (χ3v) is 2.92. The molecule has 0 aromatic carbocycles. The minimum absolute atomic E-state index is 0.0251. The van der Waals surface area contributed by atoms with Crippen molar-refractivity contribution in [1.29, 1.82) is 0 Å². The van der Waals surface area contributed by atoms with Gasteiger partial charge in [0.05, 0.1) is 20.3 Å². The molecular weight excluding hydrogens is 222 g/mol. The van der Waals surface area contributed by atoms with E-state index in [0.717, 1.165) is 19.3 Å². The zero-order valence-electron chi connectivity index (χ0n) is 10.6. The van der Waals surface area contributed by atoms with Crippen molar-refractivity contribution in [3.05, 3.63) is 0 Å². The van der Waals surface area contributed by atoms with E-state index in [1.165, 1.54) is 7.11 Å². The van der Waals surface area contributed by atoms with E-state index in [-0.39, 0.29) is 12.5 Å². The summed E-state index contributed by atoms with van der Waals surface area (Å²) >= 11 is 0. The second-order valence-corrected chi connectivity index (χ2v) is 4.16. The number of unbranched alkanes of at least 4 members (excludes halogenated alkanes) is 2. The molecule has 0 radical (unpaired) electrons. The van der Waals surface area contributed by atoms with Gasteiger partial charge in [-0.05, 0) is 6.42 Å². The van der Waals surface area contributed by atoms with E-state index in [9.17, 15) is 9.59 Å². The number of carbonyl (C=O) groups is 2. The molecule has 0 bridgehead atoms. The number of ether oxygens (including phenoxy) is 2. The summed E-state index contributed by atoms with van der Waals surface area (Å²) in [5.41, 5.74) is 0. The summed E-state index contributed by atoms with van der Waals surface area (Å²) in [5.74, 6) is -0.370. The summed E-state index contributed by atoms with van der Waals surface area (Å²) in [6.45, 7) is 3.31. The summed E-state index contributed by atoms with van der Waals surface area (Å²) in [7, 11) is 1.33. The highest BCUT2D eigenvalue weighted by atomic mass is 16.5. The van der Waals surface area contributed by atoms with Crippen LogP contribution in [-0.4, -0.2) is 49.7 Å². The van der Waals surface area contributed by atoms with Crippen molar-refractivity contribution < 1.29 is 19.1 Å². The maximum absolute atomic E-state index is 12.0. The molecule has 1 unspecified atom stereocenters. The molecule has 5 nitrogen and oxygen atoms in total. The molecule has 0 aromatic heterocycles.